The summed E-state index contributed by atoms with van der Waals surface area (Å²) in [5.41, 5.74) is 0.966. The van der Waals surface area contributed by atoms with Gasteiger partial charge in [-0.05, 0) is 23.8 Å². The fraction of sp³-hybridized carbons (Fsp3) is 0.593. The second-order valence-corrected chi connectivity index (χ2v) is 11.8. The third-order valence-corrected chi connectivity index (χ3v) is 10.5. The lowest BCUT2D eigenvalue weighted by atomic mass is 9.66. The van der Waals surface area contributed by atoms with Gasteiger partial charge < -0.3 is 20.0 Å². The molecule has 8 heteroatoms. The maximum Gasteiger partial charge on any atom is 0.308 e. The van der Waals surface area contributed by atoms with Crippen LogP contribution in [0.2, 0.25) is 0 Å². The van der Waals surface area contributed by atoms with Gasteiger partial charge in [-0.2, -0.15) is 0 Å². The van der Waals surface area contributed by atoms with Gasteiger partial charge in [-0.15, -0.1) is 18.3 Å². The van der Waals surface area contributed by atoms with Crippen molar-refractivity contribution in [1.29, 1.82) is 0 Å². The Morgan fingerprint density at radius 2 is 2.03 bits per heavy atom. The molecular weight excluding hydrogens is 464 g/mol. The predicted octanol–water partition coefficient (Wildman–Crippen LogP) is 3.03. The summed E-state index contributed by atoms with van der Waals surface area (Å²) in [6.07, 6.45) is 3.07. The summed E-state index contributed by atoms with van der Waals surface area (Å²) in [6, 6.07) is 8.29. The van der Waals surface area contributed by atoms with Crippen LogP contribution in [0.4, 0.5) is 0 Å². The second-order valence-electron chi connectivity index (χ2n) is 10.3. The van der Waals surface area contributed by atoms with Gasteiger partial charge in [0.1, 0.15) is 6.04 Å². The summed E-state index contributed by atoms with van der Waals surface area (Å²) in [5, 5.41) is 20.3. The van der Waals surface area contributed by atoms with Crippen molar-refractivity contribution < 1.29 is 24.6 Å². The van der Waals surface area contributed by atoms with Gasteiger partial charge in [0.15, 0.2) is 0 Å². The van der Waals surface area contributed by atoms with E-state index in [-0.39, 0.29) is 35.5 Å². The summed E-state index contributed by atoms with van der Waals surface area (Å²) in [5.74, 6) is -3.10. The summed E-state index contributed by atoms with van der Waals surface area (Å²) < 4.78 is -0.821. The van der Waals surface area contributed by atoms with Crippen LogP contribution in [-0.4, -0.2) is 73.0 Å². The molecule has 0 radical (unpaired) electrons. The number of benzene rings is 1. The van der Waals surface area contributed by atoms with Crippen molar-refractivity contribution in [2.45, 2.75) is 62.2 Å². The van der Waals surface area contributed by atoms with Gasteiger partial charge in [-0.25, -0.2) is 0 Å². The molecule has 2 amide bonds. The van der Waals surface area contributed by atoms with Crippen molar-refractivity contribution in [1.82, 2.24) is 9.80 Å². The lowest BCUT2D eigenvalue weighted by Gasteiger charge is -2.43. The first-order chi connectivity index (χ1) is 16.7. The van der Waals surface area contributed by atoms with Crippen LogP contribution >= 0.6 is 11.8 Å². The smallest absolute Gasteiger partial charge is 0.308 e. The minimum atomic E-state index is -0.973. The standard InChI is InChI=1S/C27H36N2O5S/c1-5-12-28(14-18-10-8-7-9-11-18)25(32)23-27-17(4)13-20(35-27)21(26(33)34)22(27)24(31)29(23)19(15-30)16(3)6-2/h5,7-11,16-17,19-23,30H,1,6,12-15H2,2-4H3,(H,33,34)/t16-,17?,19-,20-,21+,22-,23?,27?/m0/s1. The van der Waals surface area contributed by atoms with Crippen molar-refractivity contribution in [2.24, 2.45) is 23.7 Å². The quantitative estimate of drug-likeness (QED) is 0.479. The van der Waals surface area contributed by atoms with Gasteiger partial charge in [0, 0.05) is 18.3 Å². The summed E-state index contributed by atoms with van der Waals surface area (Å²) in [6.45, 7) is 10.3. The summed E-state index contributed by atoms with van der Waals surface area (Å²) in [7, 11) is 0. The topological polar surface area (TPSA) is 98.2 Å². The zero-order chi connectivity index (χ0) is 25.5. The Kier molecular flexibility index (Phi) is 7.34. The van der Waals surface area contributed by atoms with E-state index in [9.17, 15) is 24.6 Å². The number of fused-ring (bicyclic) bond motifs is 1. The maximum atomic E-state index is 14.4. The second kappa shape index (κ2) is 9.97. The fourth-order valence-corrected chi connectivity index (χ4v) is 8.95. The number of hydrogen-bond acceptors (Lipinski definition) is 5. The third-order valence-electron chi connectivity index (χ3n) is 8.43. The average molecular weight is 501 g/mol. The zero-order valence-electron chi connectivity index (χ0n) is 20.7. The average Bonchev–Trinajstić information content (AvgIpc) is 3.43. The molecule has 7 nitrogen and oxygen atoms in total. The Morgan fingerprint density at radius 3 is 2.60 bits per heavy atom. The number of carbonyl (C=O) groups is 3. The van der Waals surface area contributed by atoms with E-state index in [0.717, 1.165) is 12.0 Å². The number of carboxylic acid groups (broad SMARTS) is 1. The van der Waals surface area contributed by atoms with Crippen LogP contribution in [0, 0.1) is 23.7 Å². The van der Waals surface area contributed by atoms with Crippen LogP contribution in [0.3, 0.4) is 0 Å². The van der Waals surface area contributed by atoms with Crippen molar-refractivity contribution in [3.63, 3.8) is 0 Å². The molecule has 3 aliphatic heterocycles. The van der Waals surface area contributed by atoms with E-state index in [2.05, 4.69) is 6.58 Å². The SMILES string of the molecule is C=CCN(Cc1ccccc1)C(=O)C1N([C@@H](CO)[C@@H](C)CC)C(=O)[C@@H]2[C@H](C(=O)O)[C@@H]3CC(C)C12S3. The van der Waals surface area contributed by atoms with Gasteiger partial charge in [0.2, 0.25) is 11.8 Å². The minimum absolute atomic E-state index is 0.000387. The van der Waals surface area contributed by atoms with Crippen LogP contribution < -0.4 is 0 Å². The Bertz CT molecular complexity index is 987. The number of rotatable bonds is 10. The molecule has 3 aliphatic rings. The third kappa shape index (κ3) is 3.99. The molecule has 3 unspecified atom stereocenters. The van der Waals surface area contributed by atoms with Crippen LogP contribution in [0.25, 0.3) is 0 Å². The highest BCUT2D eigenvalue weighted by Gasteiger charge is 2.77. The monoisotopic (exact) mass is 500 g/mol. The normalized spacial score (nSPS) is 32.9. The van der Waals surface area contributed by atoms with Gasteiger partial charge in [-0.1, -0.05) is 63.6 Å². The number of aliphatic carboxylic acids is 1. The molecule has 0 aromatic heterocycles. The molecule has 1 spiro atoms. The van der Waals surface area contributed by atoms with Crippen LogP contribution in [0.5, 0.6) is 0 Å². The van der Waals surface area contributed by atoms with Gasteiger partial charge in [-0.3, -0.25) is 14.4 Å². The minimum Gasteiger partial charge on any atom is -0.481 e. The van der Waals surface area contributed by atoms with Crippen molar-refractivity contribution in [2.75, 3.05) is 13.2 Å². The number of carboxylic acids is 1. The molecule has 2 bridgehead atoms. The Balaban J connectivity index is 1.82. The van der Waals surface area contributed by atoms with Crippen LogP contribution in [0.15, 0.2) is 43.0 Å². The van der Waals surface area contributed by atoms with E-state index in [4.69, 9.17) is 0 Å². The van der Waals surface area contributed by atoms with Crippen LogP contribution in [0.1, 0.15) is 39.2 Å². The number of thioether (sulfide) groups is 1. The van der Waals surface area contributed by atoms with Gasteiger partial charge in [0.25, 0.3) is 0 Å². The zero-order valence-corrected chi connectivity index (χ0v) is 21.5. The van der Waals surface area contributed by atoms with Crippen molar-refractivity contribution >= 4 is 29.5 Å². The number of amides is 2. The number of likely N-dealkylation sites (tertiary alicyclic amines) is 1. The largest absolute Gasteiger partial charge is 0.481 e. The highest BCUT2D eigenvalue weighted by molar-refractivity contribution is 8.02. The number of carbonyl (C=O) groups excluding carboxylic acids is 2. The predicted molar refractivity (Wildman–Crippen MR) is 136 cm³/mol. The van der Waals surface area contributed by atoms with E-state index in [0.29, 0.717) is 19.5 Å². The Labute approximate surface area is 211 Å². The van der Waals surface area contributed by atoms with Crippen molar-refractivity contribution in [3.8, 4) is 0 Å². The molecule has 3 fully saturated rings. The number of hydrogen-bond donors (Lipinski definition) is 2. The van der Waals surface area contributed by atoms with Crippen molar-refractivity contribution in [3.05, 3.63) is 48.6 Å². The molecule has 190 valence electrons. The molecule has 1 aromatic carbocycles. The molecule has 4 rings (SSSR count). The lowest BCUT2D eigenvalue weighted by molar-refractivity contribution is -0.150. The highest BCUT2D eigenvalue weighted by Crippen LogP contribution is 2.69. The Morgan fingerprint density at radius 1 is 1.34 bits per heavy atom. The number of nitrogens with zero attached hydrogens (tertiary/aromatic N) is 2. The molecule has 3 heterocycles. The number of aliphatic hydroxyl groups excluding tert-OH is 1. The molecule has 2 N–H and O–H groups in total. The van der Waals surface area contributed by atoms with E-state index in [1.807, 2.05) is 51.1 Å². The molecule has 1 aromatic rings. The van der Waals surface area contributed by atoms with E-state index in [1.165, 1.54) is 11.8 Å². The molecular formula is C27H36N2O5S. The van der Waals surface area contributed by atoms with Gasteiger partial charge >= 0.3 is 5.97 Å². The van der Waals surface area contributed by atoms with E-state index in [1.54, 1.807) is 15.9 Å². The van der Waals surface area contributed by atoms with Crippen LogP contribution in [-0.2, 0) is 20.9 Å². The first kappa shape index (κ1) is 25.8. The number of aliphatic hydroxyl groups is 1. The first-order valence-electron chi connectivity index (χ1n) is 12.5. The van der Waals surface area contributed by atoms with E-state index < -0.39 is 34.6 Å². The molecule has 0 saturated carbocycles. The molecule has 35 heavy (non-hydrogen) atoms. The lowest BCUT2D eigenvalue weighted by Crippen LogP contribution is -2.60. The maximum absolute atomic E-state index is 14.4. The highest BCUT2D eigenvalue weighted by atomic mass is 32.2. The molecule has 0 aliphatic carbocycles. The summed E-state index contributed by atoms with van der Waals surface area (Å²) >= 11 is 1.53. The molecule has 3 saturated heterocycles. The Hall–Kier alpha value is -2.32. The van der Waals surface area contributed by atoms with Gasteiger partial charge in [0.05, 0.1) is 29.2 Å². The first-order valence-corrected chi connectivity index (χ1v) is 13.4. The molecule has 8 atom stereocenters. The fourth-order valence-electron chi connectivity index (χ4n) is 6.56. The summed E-state index contributed by atoms with van der Waals surface area (Å²) in [4.78, 5) is 44.1. The van der Waals surface area contributed by atoms with E-state index >= 15 is 0 Å².